The fourth-order valence-corrected chi connectivity index (χ4v) is 1.54. The topological polar surface area (TPSA) is 171 Å². The second-order valence-electron chi connectivity index (χ2n) is 3.74. The smallest absolute Gasteiger partial charge is 0.544 e. The van der Waals surface area contributed by atoms with Crippen LogP contribution in [0.25, 0.3) is 0 Å². The van der Waals surface area contributed by atoms with Crippen molar-refractivity contribution in [2.45, 2.75) is 36.3 Å². The van der Waals surface area contributed by atoms with Crippen molar-refractivity contribution < 1.29 is 74.8 Å². The Bertz CT molecular complexity index is 300. The zero-order valence-electron chi connectivity index (χ0n) is 9.50. The van der Waals surface area contributed by atoms with Crippen molar-refractivity contribution in [2.75, 3.05) is 6.61 Å². The maximum absolute atomic E-state index is 10.6. The molecule has 1 heterocycles. The van der Waals surface area contributed by atoms with Gasteiger partial charge in [-0.1, -0.05) is 0 Å². The number of carbonyl (C=O) groups excluding carboxylic acids is 1. The molecule has 1 rings (SSSR count). The zero-order chi connectivity index (χ0) is 13.4. The summed E-state index contributed by atoms with van der Waals surface area (Å²) in [5.41, 5.74) is 0. The Morgan fingerprint density at radius 3 is 2.22 bits per heavy atom. The van der Waals surface area contributed by atoms with Crippen LogP contribution in [0.2, 0.25) is 0 Å². The Hall–Kier alpha value is 0.190. The summed E-state index contributed by atoms with van der Waals surface area (Å²) in [6.45, 7) is -0.909. The number of rotatable bonds is 3. The molecule has 1 saturated heterocycles. The van der Waals surface area contributed by atoms with Gasteiger partial charge in [0, 0.05) is 0 Å². The van der Waals surface area contributed by atoms with Crippen LogP contribution in [0.3, 0.4) is 0 Å². The maximum Gasteiger partial charge on any atom is 1.00 e. The van der Waals surface area contributed by atoms with Crippen LogP contribution in [0.5, 0.6) is 0 Å². The van der Waals surface area contributed by atoms with Crippen molar-refractivity contribution in [1.29, 1.82) is 0 Å². The molecule has 0 aromatic rings. The number of carboxylic acid groups (broad SMARTS) is 1. The van der Waals surface area contributed by atoms with Gasteiger partial charge in [0.2, 0.25) is 5.79 Å². The van der Waals surface area contributed by atoms with Crippen LogP contribution in [0, 0.1) is 0 Å². The zero-order valence-corrected chi connectivity index (χ0v) is 11.5. The molecule has 1 aliphatic rings. The van der Waals surface area contributed by atoms with Gasteiger partial charge in [0.1, 0.15) is 36.5 Å². The molecule has 1 fully saturated rings. The molecule has 0 aliphatic carbocycles. The molecule has 10 heteroatoms. The normalized spacial score (nSPS) is 41.9. The van der Waals surface area contributed by atoms with Gasteiger partial charge in [0.25, 0.3) is 0 Å². The second-order valence-corrected chi connectivity index (χ2v) is 3.74. The van der Waals surface area contributed by atoms with Gasteiger partial charge in [-0.05, 0) is 0 Å². The van der Waals surface area contributed by atoms with E-state index in [1.54, 1.807) is 0 Å². The molecule has 6 N–H and O–H groups in total. The molecule has 0 amide bonds. The third-order valence-electron chi connectivity index (χ3n) is 2.59. The molecule has 100 valence electrons. The number of hydrogen-bond acceptors (Lipinski definition) is 9. The molecule has 6 atom stereocenters. The van der Waals surface area contributed by atoms with E-state index in [0.29, 0.717) is 0 Å². The number of carbonyl (C=O) groups is 1. The summed E-state index contributed by atoms with van der Waals surface area (Å²) < 4.78 is 4.41. The minimum absolute atomic E-state index is 0. The first-order valence-electron chi connectivity index (χ1n) is 4.70. The molecule has 0 aromatic carbocycles. The minimum atomic E-state index is -3.28. The van der Waals surface area contributed by atoms with E-state index < -0.39 is 48.9 Å². The molecule has 0 saturated carbocycles. The van der Waals surface area contributed by atoms with Crippen LogP contribution < -0.4 is 34.7 Å². The van der Waals surface area contributed by atoms with Crippen LogP contribution in [-0.2, 0) is 9.53 Å². The van der Waals surface area contributed by atoms with Gasteiger partial charge in [0.05, 0.1) is 6.61 Å². The number of hydrogen-bond donors (Lipinski definition) is 6. The maximum atomic E-state index is 10.6. The quantitative estimate of drug-likeness (QED) is 0.274. The van der Waals surface area contributed by atoms with Gasteiger partial charge >= 0.3 is 29.6 Å². The predicted octanol–water partition coefficient (Wildman–Crippen LogP) is -8.74. The molecule has 0 radical (unpaired) electrons. The minimum Gasteiger partial charge on any atom is -0.544 e. The fourth-order valence-electron chi connectivity index (χ4n) is 1.54. The summed E-state index contributed by atoms with van der Waals surface area (Å²) in [6.07, 6.45) is -9.87. The van der Waals surface area contributed by atoms with E-state index >= 15 is 0 Å². The Labute approximate surface area is 124 Å². The summed E-state index contributed by atoms with van der Waals surface area (Å²) in [5, 5.41) is 65.9. The van der Waals surface area contributed by atoms with E-state index in [0.717, 1.165) is 0 Å². The SMILES string of the molecule is O=C([O-])[C@@]1(O)O[C@H]([C@H](O)CO)[C@H](O)[C@H](O)[C@@H]1O.[Na+]. The Balaban J connectivity index is 0.00000289. The number of aliphatic hydroxyl groups is 6. The third kappa shape index (κ3) is 3.02. The van der Waals surface area contributed by atoms with Crippen molar-refractivity contribution >= 4 is 5.97 Å². The predicted molar refractivity (Wildman–Crippen MR) is 45.9 cm³/mol. The molecule has 1 aliphatic heterocycles. The van der Waals surface area contributed by atoms with Crippen LogP contribution >= 0.6 is 0 Å². The molecule has 18 heavy (non-hydrogen) atoms. The van der Waals surface area contributed by atoms with Gasteiger partial charge in [0.15, 0.2) is 0 Å². The fraction of sp³-hybridized carbons (Fsp3) is 0.875. The van der Waals surface area contributed by atoms with E-state index in [4.69, 9.17) is 5.11 Å². The summed E-state index contributed by atoms with van der Waals surface area (Å²) in [5.74, 6) is -5.52. The van der Waals surface area contributed by atoms with Gasteiger partial charge in [-0.25, -0.2) is 0 Å². The Morgan fingerprint density at radius 2 is 1.83 bits per heavy atom. The molecular formula is C8H13NaO9. The monoisotopic (exact) mass is 276 g/mol. The van der Waals surface area contributed by atoms with Gasteiger partial charge in [-0.2, -0.15) is 0 Å². The van der Waals surface area contributed by atoms with E-state index in [1.165, 1.54) is 0 Å². The molecule has 0 unspecified atom stereocenters. The Kier molecular flexibility index (Phi) is 6.64. The number of aliphatic hydroxyl groups excluding tert-OH is 5. The van der Waals surface area contributed by atoms with Crippen molar-refractivity contribution in [3.8, 4) is 0 Å². The van der Waals surface area contributed by atoms with Crippen molar-refractivity contribution in [2.24, 2.45) is 0 Å². The van der Waals surface area contributed by atoms with Crippen molar-refractivity contribution in [3.63, 3.8) is 0 Å². The van der Waals surface area contributed by atoms with Crippen molar-refractivity contribution in [3.05, 3.63) is 0 Å². The number of aliphatic carboxylic acids is 1. The number of carboxylic acids is 1. The average molecular weight is 276 g/mol. The molecule has 0 bridgehead atoms. The van der Waals surface area contributed by atoms with E-state index in [2.05, 4.69) is 4.74 Å². The van der Waals surface area contributed by atoms with Gasteiger partial charge in [-0.3, -0.25) is 0 Å². The largest absolute Gasteiger partial charge is 1.00 e. The van der Waals surface area contributed by atoms with Crippen LogP contribution in [0.1, 0.15) is 0 Å². The van der Waals surface area contributed by atoms with Crippen molar-refractivity contribution in [1.82, 2.24) is 0 Å². The van der Waals surface area contributed by atoms with Gasteiger partial charge < -0.3 is 45.3 Å². The van der Waals surface area contributed by atoms with Crippen LogP contribution in [0.15, 0.2) is 0 Å². The first-order chi connectivity index (χ1) is 7.75. The van der Waals surface area contributed by atoms with Crippen LogP contribution in [0.4, 0.5) is 0 Å². The van der Waals surface area contributed by atoms with Gasteiger partial charge in [-0.15, -0.1) is 0 Å². The molecular weight excluding hydrogens is 263 g/mol. The van der Waals surface area contributed by atoms with E-state index in [1.807, 2.05) is 0 Å². The Morgan fingerprint density at radius 1 is 1.33 bits per heavy atom. The molecule has 0 aromatic heterocycles. The summed E-state index contributed by atoms with van der Waals surface area (Å²) in [7, 11) is 0. The first-order valence-corrected chi connectivity index (χ1v) is 4.70. The third-order valence-corrected chi connectivity index (χ3v) is 2.59. The summed E-state index contributed by atoms with van der Waals surface area (Å²) >= 11 is 0. The standard InChI is InChI=1S/C8H14O9.Na/c9-1-2(10)5-3(11)4(12)6(13)8(16,17-5)7(14)15;/h2-6,9-13,16H,1H2,(H,14,15);/q;+1/p-1/t2-,3-,4+,5-,6+,8+;/m1./s1. The second kappa shape index (κ2) is 6.57. The number of ether oxygens (including phenoxy) is 1. The van der Waals surface area contributed by atoms with Crippen LogP contribution in [-0.4, -0.2) is 79.5 Å². The summed E-state index contributed by atoms with van der Waals surface area (Å²) in [4.78, 5) is 10.6. The van der Waals surface area contributed by atoms with E-state index in [9.17, 15) is 35.4 Å². The van der Waals surface area contributed by atoms with E-state index in [-0.39, 0.29) is 29.6 Å². The average Bonchev–Trinajstić information content (AvgIpc) is 2.30. The molecule has 9 nitrogen and oxygen atoms in total. The first kappa shape index (κ1) is 18.2. The summed E-state index contributed by atoms with van der Waals surface area (Å²) in [6, 6.07) is 0. The molecule has 0 spiro atoms.